The molecule has 0 spiro atoms. The molecule has 0 saturated heterocycles. The van der Waals surface area contributed by atoms with Gasteiger partial charge in [-0.15, -0.1) is 0 Å². The Kier molecular flexibility index (Phi) is 5.39. The highest BCUT2D eigenvalue weighted by Gasteiger charge is 2.33. The van der Waals surface area contributed by atoms with Crippen molar-refractivity contribution >= 4 is 29.2 Å². The Labute approximate surface area is 147 Å². The van der Waals surface area contributed by atoms with Gasteiger partial charge in [0.25, 0.3) is 0 Å². The van der Waals surface area contributed by atoms with Gasteiger partial charge in [0.05, 0.1) is 5.69 Å². The molecule has 0 atom stereocenters. The molecule has 1 fully saturated rings. The zero-order chi connectivity index (χ0) is 19.6. The van der Waals surface area contributed by atoms with Crippen molar-refractivity contribution in [1.29, 1.82) is 0 Å². The molecule has 1 aromatic rings. The summed E-state index contributed by atoms with van der Waals surface area (Å²) in [7, 11) is 0. The molecule has 9 heteroatoms. The second kappa shape index (κ2) is 7.34. The topological polar surface area (TPSA) is 107 Å². The second-order valence-corrected chi connectivity index (χ2v) is 5.68. The van der Waals surface area contributed by atoms with Gasteiger partial charge in [-0.25, -0.2) is 18.4 Å². The van der Waals surface area contributed by atoms with Crippen LogP contribution in [0, 0.1) is 18.6 Å². The van der Waals surface area contributed by atoms with Crippen molar-refractivity contribution < 1.29 is 33.4 Å². The fourth-order valence-electron chi connectivity index (χ4n) is 2.31. The molecule has 1 amide bonds. The van der Waals surface area contributed by atoms with Gasteiger partial charge >= 0.3 is 11.9 Å². The largest absolute Gasteiger partial charge is 0.477 e. The number of nitrogens with zero attached hydrogens (tertiary/aromatic N) is 1. The molecule has 0 bridgehead atoms. The van der Waals surface area contributed by atoms with Crippen LogP contribution in [0.5, 0.6) is 0 Å². The number of halogens is 2. The predicted octanol–water partition coefficient (Wildman–Crippen LogP) is 2.42. The van der Waals surface area contributed by atoms with Gasteiger partial charge in [-0.1, -0.05) is 6.58 Å². The van der Waals surface area contributed by atoms with Crippen LogP contribution >= 0.6 is 0 Å². The number of hydrogen-bond donors (Lipinski definition) is 3. The highest BCUT2D eigenvalue weighted by atomic mass is 19.2. The number of nitrogens with one attached hydrogen (secondary N) is 1. The van der Waals surface area contributed by atoms with Crippen LogP contribution in [0.1, 0.15) is 18.4 Å². The molecule has 0 aromatic heterocycles. The van der Waals surface area contributed by atoms with Crippen LogP contribution in [0.15, 0.2) is 30.5 Å². The van der Waals surface area contributed by atoms with Crippen molar-refractivity contribution in [1.82, 2.24) is 0 Å². The summed E-state index contributed by atoms with van der Waals surface area (Å²) in [6, 6.07) is 0.876. The molecule has 0 unspecified atom stereocenters. The molecule has 1 aromatic carbocycles. The first-order valence-corrected chi connectivity index (χ1v) is 7.56. The fraction of sp³-hybridized carbons (Fsp3) is 0.235. The maximum absolute atomic E-state index is 14.3. The average Bonchev–Trinajstić information content (AvgIpc) is 3.40. The zero-order valence-electron chi connectivity index (χ0n) is 13.8. The van der Waals surface area contributed by atoms with Gasteiger partial charge < -0.3 is 20.4 Å². The minimum absolute atomic E-state index is 0.0609. The zero-order valence-corrected chi connectivity index (χ0v) is 13.8. The number of carbonyl (C=O) groups is 3. The lowest BCUT2D eigenvalue weighted by Gasteiger charge is -2.24. The summed E-state index contributed by atoms with van der Waals surface area (Å²) in [5.41, 5.74) is -1.46. The summed E-state index contributed by atoms with van der Waals surface area (Å²) >= 11 is 0. The SMILES string of the molecule is C=CC(=O)Nc1cc(N(C=C(C(=O)O)C(=O)O)C2CC2)c(C)c(F)c1F. The normalized spacial score (nSPS) is 12.9. The Balaban J connectivity index is 2.60. The van der Waals surface area contributed by atoms with Gasteiger partial charge in [0.15, 0.2) is 17.2 Å². The van der Waals surface area contributed by atoms with Crippen molar-refractivity contribution in [2.24, 2.45) is 0 Å². The summed E-state index contributed by atoms with van der Waals surface area (Å²) in [6.07, 6.45) is 3.00. The maximum Gasteiger partial charge on any atom is 0.344 e. The van der Waals surface area contributed by atoms with E-state index in [0.717, 1.165) is 18.3 Å². The number of benzene rings is 1. The van der Waals surface area contributed by atoms with Crippen LogP contribution in [0.25, 0.3) is 0 Å². The number of carbonyl (C=O) groups excluding carboxylic acids is 1. The average molecular weight is 366 g/mol. The summed E-state index contributed by atoms with van der Waals surface area (Å²) in [6.45, 7) is 4.50. The van der Waals surface area contributed by atoms with Crippen molar-refractivity contribution in [3.8, 4) is 0 Å². The third-order valence-electron chi connectivity index (χ3n) is 3.81. The molecule has 138 valence electrons. The van der Waals surface area contributed by atoms with Gasteiger partial charge in [-0.05, 0) is 31.9 Å². The maximum atomic E-state index is 14.3. The molecular formula is C17H16F2N2O5. The van der Waals surface area contributed by atoms with E-state index in [1.807, 2.05) is 0 Å². The van der Waals surface area contributed by atoms with E-state index in [0.29, 0.717) is 12.8 Å². The Morgan fingerprint density at radius 2 is 1.81 bits per heavy atom. The minimum Gasteiger partial charge on any atom is -0.477 e. The van der Waals surface area contributed by atoms with Gasteiger partial charge in [0.2, 0.25) is 5.91 Å². The van der Waals surface area contributed by atoms with E-state index in [-0.39, 0.29) is 17.3 Å². The smallest absolute Gasteiger partial charge is 0.344 e. The third-order valence-corrected chi connectivity index (χ3v) is 3.81. The number of amides is 1. The van der Waals surface area contributed by atoms with E-state index in [4.69, 9.17) is 10.2 Å². The minimum atomic E-state index is -1.66. The van der Waals surface area contributed by atoms with Crippen LogP contribution in [0.4, 0.5) is 20.2 Å². The summed E-state index contributed by atoms with van der Waals surface area (Å²) in [4.78, 5) is 35.0. The van der Waals surface area contributed by atoms with E-state index >= 15 is 0 Å². The third kappa shape index (κ3) is 3.88. The standard InChI is InChI=1S/C17H16F2N2O5/c1-3-13(22)20-11-6-12(8(2)14(18)15(11)19)21(9-4-5-9)7-10(16(23)24)17(25)26/h3,6-7,9H,1,4-5H2,2H3,(H,20,22)(H,23,24)(H,25,26). The van der Waals surface area contributed by atoms with Gasteiger partial charge in [0.1, 0.15) is 0 Å². The van der Waals surface area contributed by atoms with E-state index in [2.05, 4.69) is 11.9 Å². The number of carboxylic acid groups (broad SMARTS) is 2. The number of carboxylic acids is 2. The predicted molar refractivity (Wildman–Crippen MR) is 88.8 cm³/mol. The molecule has 1 aliphatic rings. The first-order chi connectivity index (χ1) is 12.2. The molecule has 26 heavy (non-hydrogen) atoms. The van der Waals surface area contributed by atoms with Gasteiger partial charge in [-0.2, -0.15) is 0 Å². The Hall–Kier alpha value is -3.23. The van der Waals surface area contributed by atoms with Crippen LogP contribution in [-0.2, 0) is 14.4 Å². The van der Waals surface area contributed by atoms with E-state index in [1.54, 1.807) is 0 Å². The van der Waals surface area contributed by atoms with Gasteiger partial charge in [0, 0.05) is 23.5 Å². The monoisotopic (exact) mass is 366 g/mol. The lowest BCUT2D eigenvalue weighted by Crippen LogP contribution is -2.25. The van der Waals surface area contributed by atoms with Crippen LogP contribution < -0.4 is 10.2 Å². The molecule has 7 nitrogen and oxygen atoms in total. The second-order valence-electron chi connectivity index (χ2n) is 5.68. The Morgan fingerprint density at radius 3 is 2.27 bits per heavy atom. The molecule has 0 heterocycles. The van der Waals surface area contributed by atoms with Crippen molar-refractivity contribution in [3.05, 3.63) is 47.7 Å². The Morgan fingerprint density at radius 1 is 1.23 bits per heavy atom. The lowest BCUT2D eigenvalue weighted by molar-refractivity contribution is -0.140. The number of hydrogen-bond acceptors (Lipinski definition) is 4. The molecule has 2 rings (SSSR count). The number of rotatable bonds is 7. The molecule has 1 aliphatic carbocycles. The van der Waals surface area contributed by atoms with Crippen LogP contribution in [0.3, 0.4) is 0 Å². The molecule has 0 radical (unpaired) electrons. The van der Waals surface area contributed by atoms with E-state index < -0.39 is 40.7 Å². The first kappa shape index (κ1) is 19.1. The molecule has 3 N–H and O–H groups in total. The lowest BCUT2D eigenvalue weighted by atomic mass is 10.1. The summed E-state index contributed by atoms with van der Waals surface area (Å²) in [5.74, 6) is -6.60. The summed E-state index contributed by atoms with van der Waals surface area (Å²) < 4.78 is 28.4. The molecule has 0 aliphatic heterocycles. The number of anilines is 2. The first-order valence-electron chi connectivity index (χ1n) is 7.56. The van der Waals surface area contributed by atoms with Crippen LogP contribution in [-0.4, -0.2) is 34.1 Å². The fourth-order valence-corrected chi connectivity index (χ4v) is 2.31. The number of aliphatic carboxylic acids is 2. The summed E-state index contributed by atoms with van der Waals surface area (Å²) in [5, 5.41) is 20.2. The van der Waals surface area contributed by atoms with Crippen molar-refractivity contribution in [3.63, 3.8) is 0 Å². The van der Waals surface area contributed by atoms with Crippen molar-refractivity contribution in [2.75, 3.05) is 10.2 Å². The highest BCUT2D eigenvalue weighted by molar-refractivity contribution is 6.12. The highest BCUT2D eigenvalue weighted by Crippen LogP contribution is 2.38. The Bertz CT molecular complexity index is 815. The molecule has 1 saturated carbocycles. The van der Waals surface area contributed by atoms with Gasteiger partial charge in [-0.3, -0.25) is 4.79 Å². The molecular weight excluding hydrogens is 350 g/mol. The van der Waals surface area contributed by atoms with E-state index in [1.165, 1.54) is 11.8 Å². The van der Waals surface area contributed by atoms with Crippen molar-refractivity contribution in [2.45, 2.75) is 25.8 Å². The van der Waals surface area contributed by atoms with E-state index in [9.17, 15) is 23.2 Å². The van der Waals surface area contributed by atoms with Crippen LogP contribution in [0.2, 0.25) is 0 Å². The quantitative estimate of drug-likeness (QED) is 0.389.